The highest BCUT2D eigenvalue weighted by molar-refractivity contribution is 9.09. The van der Waals surface area contributed by atoms with Gasteiger partial charge < -0.3 is 4.74 Å². The van der Waals surface area contributed by atoms with Crippen molar-refractivity contribution in [2.24, 2.45) is 5.41 Å². The molecule has 1 saturated carbocycles. The summed E-state index contributed by atoms with van der Waals surface area (Å²) in [7, 11) is 0. The Kier molecular flexibility index (Phi) is 2.04. The van der Waals surface area contributed by atoms with E-state index in [1.165, 1.54) is 0 Å². The second-order valence-corrected chi connectivity index (χ2v) is 3.91. The Bertz CT molecular complexity index is 158. The van der Waals surface area contributed by atoms with Crippen LogP contribution in [0.2, 0.25) is 0 Å². The SMILES string of the molecule is CCOC(=O)[C@@]1(C)CC1Br. The molecule has 0 aromatic carbocycles. The normalized spacial score (nSPS) is 37.3. The molecule has 0 saturated heterocycles. The van der Waals surface area contributed by atoms with Crippen LogP contribution in [-0.4, -0.2) is 17.4 Å². The molecule has 0 aliphatic heterocycles. The summed E-state index contributed by atoms with van der Waals surface area (Å²) in [5.74, 6) is -0.0723. The van der Waals surface area contributed by atoms with Crippen LogP contribution in [0.15, 0.2) is 0 Å². The molecule has 0 spiro atoms. The molecule has 0 aromatic rings. The number of hydrogen-bond acceptors (Lipinski definition) is 2. The Morgan fingerprint density at radius 2 is 2.40 bits per heavy atom. The maximum absolute atomic E-state index is 11.1. The van der Waals surface area contributed by atoms with Gasteiger partial charge in [0, 0.05) is 4.83 Å². The molecule has 1 rings (SSSR count). The van der Waals surface area contributed by atoms with Crippen molar-refractivity contribution < 1.29 is 9.53 Å². The van der Waals surface area contributed by atoms with Gasteiger partial charge in [-0.15, -0.1) is 0 Å². The molecule has 1 aliphatic carbocycles. The number of ether oxygens (including phenoxy) is 1. The smallest absolute Gasteiger partial charge is 0.312 e. The predicted octanol–water partition coefficient (Wildman–Crippen LogP) is 1.72. The van der Waals surface area contributed by atoms with Crippen molar-refractivity contribution in [1.29, 1.82) is 0 Å². The zero-order valence-corrected chi connectivity index (χ0v) is 7.77. The fraction of sp³-hybridized carbons (Fsp3) is 0.857. The van der Waals surface area contributed by atoms with Gasteiger partial charge in [0.05, 0.1) is 12.0 Å². The molecule has 1 fully saturated rings. The zero-order valence-electron chi connectivity index (χ0n) is 6.19. The van der Waals surface area contributed by atoms with E-state index in [1.807, 2.05) is 13.8 Å². The number of carbonyl (C=O) groups excluding carboxylic acids is 1. The van der Waals surface area contributed by atoms with Crippen molar-refractivity contribution in [2.45, 2.75) is 25.1 Å². The molecule has 0 N–H and O–H groups in total. The summed E-state index contributed by atoms with van der Waals surface area (Å²) in [5.41, 5.74) is -0.226. The number of carbonyl (C=O) groups is 1. The van der Waals surface area contributed by atoms with Gasteiger partial charge in [0.2, 0.25) is 0 Å². The van der Waals surface area contributed by atoms with Crippen molar-refractivity contribution in [3.05, 3.63) is 0 Å². The lowest BCUT2D eigenvalue weighted by atomic mass is 10.1. The van der Waals surface area contributed by atoms with E-state index in [4.69, 9.17) is 4.74 Å². The van der Waals surface area contributed by atoms with Crippen LogP contribution in [0.4, 0.5) is 0 Å². The summed E-state index contributed by atoms with van der Waals surface area (Å²) < 4.78 is 4.87. The molecule has 0 aromatic heterocycles. The largest absolute Gasteiger partial charge is 0.466 e. The van der Waals surface area contributed by atoms with Crippen molar-refractivity contribution in [1.82, 2.24) is 0 Å². The molecule has 0 radical (unpaired) electrons. The molecule has 1 unspecified atom stereocenters. The van der Waals surface area contributed by atoms with Crippen LogP contribution in [0.3, 0.4) is 0 Å². The lowest BCUT2D eigenvalue weighted by Gasteiger charge is -2.06. The van der Waals surface area contributed by atoms with Crippen LogP contribution < -0.4 is 0 Å². The van der Waals surface area contributed by atoms with Crippen LogP contribution in [-0.2, 0) is 9.53 Å². The molecule has 0 amide bonds. The monoisotopic (exact) mass is 206 g/mol. The highest BCUT2D eigenvalue weighted by Gasteiger charge is 2.55. The first kappa shape index (κ1) is 8.05. The van der Waals surface area contributed by atoms with Crippen molar-refractivity contribution in [2.75, 3.05) is 6.61 Å². The fourth-order valence-corrected chi connectivity index (χ4v) is 1.68. The standard InChI is InChI=1S/C7H11BrO2/c1-3-10-6(9)7(2)4-5(7)8/h5H,3-4H2,1-2H3/t5?,7-/m0/s1. The van der Waals surface area contributed by atoms with Crippen LogP contribution in [0.1, 0.15) is 20.3 Å². The summed E-state index contributed by atoms with van der Waals surface area (Å²) in [4.78, 5) is 11.4. The minimum atomic E-state index is -0.226. The number of alkyl halides is 1. The molecule has 0 bridgehead atoms. The van der Waals surface area contributed by atoms with E-state index < -0.39 is 0 Å². The van der Waals surface area contributed by atoms with Gasteiger partial charge in [0.1, 0.15) is 0 Å². The van der Waals surface area contributed by atoms with Gasteiger partial charge in [-0.05, 0) is 20.3 Å². The third-order valence-corrected chi connectivity index (χ3v) is 3.21. The minimum Gasteiger partial charge on any atom is -0.466 e. The average Bonchev–Trinajstić information content (AvgIpc) is 2.43. The van der Waals surface area contributed by atoms with Crippen LogP contribution in [0.25, 0.3) is 0 Å². The zero-order chi connectivity index (χ0) is 7.78. The Balaban J connectivity index is 2.43. The van der Waals surface area contributed by atoms with E-state index in [0.29, 0.717) is 11.4 Å². The number of esters is 1. The lowest BCUT2D eigenvalue weighted by Crippen LogP contribution is -2.17. The van der Waals surface area contributed by atoms with Crippen molar-refractivity contribution in [3.8, 4) is 0 Å². The van der Waals surface area contributed by atoms with Crippen molar-refractivity contribution >= 4 is 21.9 Å². The minimum absolute atomic E-state index is 0.0723. The van der Waals surface area contributed by atoms with Gasteiger partial charge in [-0.2, -0.15) is 0 Å². The second-order valence-electron chi connectivity index (χ2n) is 2.81. The van der Waals surface area contributed by atoms with Gasteiger partial charge in [-0.1, -0.05) is 15.9 Å². The molecule has 2 nitrogen and oxygen atoms in total. The maximum atomic E-state index is 11.1. The van der Waals surface area contributed by atoms with E-state index in [2.05, 4.69) is 15.9 Å². The van der Waals surface area contributed by atoms with Gasteiger partial charge >= 0.3 is 5.97 Å². The summed E-state index contributed by atoms with van der Waals surface area (Å²) in [6.07, 6.45) is 0.909. The van der Waals surface area contributed by atoms with E-state index in [1.54, 1.807) is 0 Å². The third kappa shape index (κ3) is 1.19. The number of hydrogen-bond donors (Lipinski definition) is 0. The maximum Gasteiger partial charge on any atom is 0.312 e. The Morgan fingerprint density at radius 1 is 1.90 bits per heavy atom. The molecule has 0 heterocycles. The Hall–Kier alpha value is -0.0500. The molecular weight excluding hydrogens is 196 g/mol. The highest BCUT2D eigenvalue weighted by Crippen LogP contribution is 2.51. The van der Waals surface area contributed by atoms with Crippen LogP contribution >= 0.6 is 15.9 Å². The first-order chi connectivity index (χ1) is 4.61. The summed E-state index contributed by atoms with van der Waals surface area (Å²) in [5, 5.41) is 0. The van der Waals surface area contributed by atoms with Crippen LogP contribution in [0.5, 0.6) is 0 Å². The summed E-state index contributed by atoms with van der Waals surface area (Å²) in [6.45, 7) is 4.23. The number of halogens is 1. The summed E-state index contributed by atoms with van der Waals surface area (Å²) in [6, 6.07) is 0. The molecule has 2 atom stereocenters. The van der Waals surface area contributed by atoms with Crippen molar-refractivity contribution in [3.63, 3.8) is 0 Å². The quantitative estimate of drug-likeness (QED) is 0.509. The van der Waals surface area contributed by atoms with Gasteiger partial charge in [0.25, 0.3) is 0 Å². The molecular formula is C7H11BrO2. The molecule has 3 heteroatoms. The first-order valence-electron chi connectivity index (χ1n) is 3.42. The third-order valence-electron chi connectivity index (χ3n) is 1.88. The van der Waals surface area contributed by atoms with Gasteiger partial charge in [-0.25, -0.2) is 0 Å². The first-order valence-corrected chi connectivity index (χ1v) is 4.34. The van der Waals surface area contributed by atoms with E-state index in [9.17, 15) is 4.79 Å². The predicted molar refractivity (Wildman–Crippen MR) is 42.1 cm³/mol. The van der Waals surface area contributed by atoms with Gasteiger partial charge in [-0.3, -0.25) is 4.79 Å². The molecule has 1 aliphatic rings. The Morgan fingerprint density at radius 3 is 2.70 bits per heavy atom. The van der Waals surface area contributed by atoms with Crippen LogP contribution in [0, 0.1) is 5.41 Å². The highest BCUT2D eigenvalue weighted by atomic mass is 79.9. The topological polar surface area (TPSA) is 26.3 Å². The van der Waals surface area contributed by atoms with E-state index in [-0.39, 0.29) is 11.4 Å². The van der Waals surface area contributed by atoms with Gasteiger partial charge in [0.15, 0.2) is 0 Å². The second kappa shape index (κ2) is 2.53. The fourth-order valence-electron chi connectivity index (χ4n) is 0.821. The average molecular weight is 207 g/mol. The van der Waals surface area contributed by atoms with E-state index >= 15 is 0 Å². The molecule has 10 heavy (non-hydrogen) atoms. The number of rotatable bonds is 2. The van der Waals surface area contributed by atoms with E-state index in [0.717, 1.165) is 6.42 Å². The summed E-state index contributed by atoms with van der Waals surface area (Å²) >= 11 is 3.37. The molecule has 58 valence electrons. The lowest BCUT2D eigenvalue weighted by molar-refractivity contribution is -0.148. The Labute approximate surface area is 69.1 Å².